The van der Waals surface area contributed by atoms with Crippen LogP contribution in [-0.2, 0) is 9.59 Å². The summed E-state index contributed by atoms with van der Waals surface area (Å²) in [5.74, 6) is -3.74. The van der Waals surface area contributed by atoms with E-state index < -0.39 is 47.9 Å². The number of alkyl halides is 2. The Labute approximate surface area is 285 Å². The fourth-order valence-corrected chi connectivity index (χ4v) is 8.82. The molecular weight excluding hydrogens is 755 g/mol. The van der Waals surface area contributed by atoms with E-state index in [0.29, 0.717) is 12.2 Å². The van der Waals surface area contributed by atoms with E-state index in [9.17, 15) is 24.0 Å². The minimum absolute atomic E-state index is 0.00604. The molecule has 3 aromatic carbocycles. The molecule has 0 radical (unpaired) electrons. The van der Waals surface area contributed by atoms with Crippen molar-refractivity contribution in [1.29, 1.82) is 0 Å². The predicted molar refractivity (Wildman–Crippen MR) is 172 cm³/mol. The molecule has 6 rings (SSSR count). The Morgan fingerprint density at radius 2 is 1.51 bits per heavy atom. The highest BCUT2D eigenvalue weighted by Crippen LogP contribution is 2.60. The number of fused-ring (bicyclic) bond motifs is 5. The lowest BCUT2D eigenvalue weighted by Crippen LogP contribution is -2.52. The summed E-state index contributed by atoms with van der Waals surface area (Å²) in [7, 11) is 1.49. The van der Waals surface area contributed by atoms with Crippen molar-refractivity contribution in [2.24, 2.45) is 23.7 Å². The van der Waals surface area contributed by atoms with Gasteiger partial charge >= 0.3 is 5.97 Å². The number of benzene rings is 3. The van der Waals surface area contributed by atoms with Gasteiger partial charge in [-0.3, -0.25) is 19.2 Å². The number of carbonyl (C=O) groups excluding carboxylic acids is 5. The highest BCUT2D eigenvalue weighted by atomic mass is 79.9. The van der Waals surface area contributed by atoms with Crippen molar-refractivity contribution in [1.82, 2.24) is 10.0 Å². The van der Waals surface area contributed by atoms with E-state index in [1.54, 1.807) is 18.2 Å². The van der Waals surface area contributed by atoms with Gasteiger partial charge in [-0.1, -0.05) is 61.1 Å². The Morgan fingerprint density at radius 3 is 2.11 bits per heavy atom. The summed E-state index contributed by atoms with van der Waals surface area (Å²) in [6, 6.07) is 16.4. The highest BCUT2D eigenvalue weighted by Gasteiger charge is 2.67. The number of hydrogen-bond acceptors (Lipinski definition) is 7. The van der Waals surface area contributed by atoms with Crippen LogP contribution in [0.2, 0.25) is 10.0 Å². The fraction of sp³-hybridized carbons (Fsp3) is 0.281. The molecule has 9 nitrogen and oxygen atoms in total. The second-order valence-electron chi connectivity index (χ2n) is 11.0. The summed E-state index contributed by atoms with van der Waals surface area (Å²) in [4.78, 5) is 67.8. The number of rotatable bonds is 8. The molecule has 2 bridgehead atoms. The smallest absolute Gasteiger partial charge is 0.343 e. The molecule has 3 aliphatic rings. The van der Waals surface area contributed by atoms with Crippen LogP contribution in [0.5, 0.6) is 11.5 Å². The van der Waals surface area contributed by atoms with E-state index in [2.05, 4.69) is 31.9 Å². The number of nitrogens with zero attached hydrogens (tertiary/aromatic N) is 2. The van der Waals surface area contributed by atoms with Gasteiger partial charge in [0.25, 0.3) is 17.7 Å². The van der Waals surface area contributed by atoms with Gasteiger partial charge in [-0.25, -0.2) is 9.80 Å². The van der Waals surface area contributed by atoms with Gasteiger partial charge in [-0.2, -0.15) is 5.01 Å². The van der Waals surface area contributed by atoms with Crippen LogP contribution in [0.4, 0.5) is 0 Å². The molecule has 0 N–H and O–H groups in total. The Morgan fingerprint density at radius 1 is 0.867 bits per heavy atom. The lowest BCUT2D eigenvalue weighted by atomic mass is 9.81. The van der Waals surface area contributed by atoms with Crippen molar-refractivity contribution < 1.29 is 33.4 Å². The zero-order valence-electron chi connectivity index (χ0n) is 23.5. The number of hydrogen-bond donors (Lipinski definition) is 0. The SMILES string of the molecule is COc1cccc(C(=O)Oc2ccc(C(=O)CN(C(=O)c3ccc(Cl)cc3Cl)N3C(=O)[C@@H]4[C@H]5C[C@@H]([C@H](Br)[C@H]5Br)[C@H]4C3=O)cc2)c1. The maximum atomic E-state index is 13.9. The minimum Gasteiger partial charge on any atom is -0.497 e. The average Bonchev–Trinajstić information content (AvgIpc) is 3.64. The number of amides is 3. The molecule has 3 aromatic rings. The largest absolute Gasteiger partial charge is 0.497 e. The average molecular weight is 779 g/mol. The molecule has 45 heavy (non-hydrogen) atoms. The van der Waals surface area contributed by atoms with Crippen molar-refractivity contribution in [3.05, 3.63) is 93.5 Å². The van der Waals surface area contributed by atoms with Crippen LogP contribution in [-0.4, -0.2) is 62.8 Å². The molecular formula is C32H24Br2Cl2N2O7. The first-order valence-corrected chi connectivity index (χ1v) is 16.5. The van der Waals surface area contributed by atoms with Crippen LogP contribution < -0.4 is 9.47 Å². The Bertz CT molecular complexity index is 1700. The van der Waals surface area contributed by atoms with Crippen molar-refractivity contribution in [3.63, 3.8) is 0 Å². The topological polar surface area (TPSA) is 110 Å². The van der Waals surface area contributed by atoms with E-state index in [4.69, 9.17) is 32.7 Å². The van der Waals surface area contributed by atoms with Crippen molar-refractivity contribution >= 4 is 84.5 Å². The normalized spacial score (nSPS) is 24.9. The van der Waals surface area contributed by atoms with Gasteiger partial charge in [-0.15, -0.1) is 0 Å². The molecule has 3 fully saturated rings. The summed E-state index contributed by atoms with van der Waals surface area (Å²) in [6.07, 6.45) is 0.705. The maximum Gasteiger partial charge on any atom is 0.343 e. The third kappa shape index (κ3) is 5.68. The first kappa shape index (κ1) is 31.7. The summed E-state index contributed by atoms with van der Waals surface area (Å²) in [5, 5.41) is 2.00. The van der Waals surface area contributed by atoms with Gasteiger partial charge in [0.2, 0.25) is 0 Å². The number of carbonyl (C=O) groups is 5. The number of hydrazine groups is 1. The van der Waals surface area contributed by atoms with Crippen LogP contribution in [0.15, 0.2) is 66.7 Å². The summed E-state index contributed by atoms with van der Waals surface area (Å²) < 4.78 is 10.6. The van der Waals surface area contributed by atoms with E-state index in [-0.39, 0.29) is 54.0 Å². The summed E-state index contributed by atoms with van der Waals surface area (Å²) in [5.41, 5.74) is 0.419. The second kappa shape index (κ2) is 12.5. The van der Waals surface area contributed by atoms with Gasteiger partial charge in [-0.05, 0) is 78.9 Å². The molecule has 3 amide bonds. The third-order valence-electron chi connectivity index (χ3n) is 8.59. The number of Topliss-reactive ketones (excluding diaryl/α,β-unsaturated/α-hetero) is 1. The number of halogens is 4. The Hall–Kier alpha value is -3.25. The zero-order chi connectivity index (χ0) is 32.2. The molecule has 1 heterocycles. The molecule has 0 spiro atoms. The molecule has 232 valence electrons. The number of ether oxygens (including phenoxy) is 2. The van der Waals surface area contributed by atoms with Crippen LogP contribution >= 0.6 is 55.1 Å². The van der Waals surface area contributed by atoms with E-state index in [1.807, 2.05) is 0 Å². The van der Waals surface area contributed by atoms with Gasteiger partial charge in [0, 0.05) is 20.2 Å². The van der Waals surface area contributed by atoms with E-state index in [0.717, 1.165) is 10.0 Å². The molecule has 1 saturated heterocycles. The molecule has 0 aromatic heterocycles. The molecule has 1 aliphatic heterocycles. The molecule has 6 atom stereocenters. The second-order valence-corrected chi connectivity index (χ2v) is 14.0. The predicted octanol–water partition coefficient (Wildman–Crippen LogP) is 6.24. The Kier molecular flexibility index (Phi) is 8.82. The number of ketones is 1. The fourth-order valence-electron chi connectivity index (χ4n) is 6.46. The molecule has 13 heteroatoms. The maximum absolute atomic E-state index is 13.9. The molecule has 2 saturated carbocycles. The van der Waals surface area contributed by atoms with Gasteiger partial charge in [0.15, 0.2) is 5.78 Å². The van der Waals surface area contributed by atoms with Crippen LogP contribution in [0, 0.1) is 23.7 Å². The first-order chi connectivity index (χ1) is 21.5. The van der Waals surface area contributed by atoms with Crippen LogP contribution in [0.1, 0.15) is 37.5 Å². The van der Waals surface area contributed by atoms with Gasteiger partial charge in [0.05, 0.1) is 35.1 Å². The molecule has 2 aliphatic carbocycles. The van der Waals surface area contributed by atoms with Crippen molar-refractivity contribution in [2.75, 3.05) is 13.7 Å². The van der Waals surface area contributed by atoms with E-state index >= 15 is 0 Å². The van der Waals surface area contributed by atoms with Gasteiger partial charge in [0.1, 0.15) is 18.0 Å². The zero-order valence-corrected chi connectivity index (χ0v) is 28.2. The number of methoxy groups -OCH3 is 1. The number of imide groups is 1. The number of esters is 1. The van der Waals surface area contributed by atoms with Crippen molar-refractivity contribution in [2.45, 2.75) is 16.1 Å². The van der Waals surface area contributed by atoms with Crippen LogP contribution in [0.25, 0.3) is 0 Å². The minimum atomic E-state index is -0.798. The van der Waals surface area contributed by atoms with Gasteiger partial charge < -0.3 is 9.47 Å². The Balaban J connectivity index is 1.25. The van der Waals surface area contributed by atoms with E-state index in [1.165, 1.54) is 55.6 Å². The molecule has 0 unspecified atom stereocenters. The first-order valence-electron chi connectivity index (χ1n) is 13.9. The monoisotopic (exact) mass is 776 g/mol. The van der Waals surface area contributed by atoms with Crippen molar-refractivity contribution in [3.8, 4) is 11.5 Å². The lowest BCUT2D eigenvalue weighted by molar-refractivity contribution is -0.154. The van der Waals surface area contributed by atoms with Crippen LogP contribution in [0.3, 0.4) is 0 Å². The highest BCUT2D eigenvalue weighted by molar-refractivity contribution is 9.12. The quantitative estimate of drug-likeness (QED) is 0.0876. The summed E-state index contributed by atoms with van der Waals surface area (Å²) >= 11 is 19.7. The third-order valence-corrected chi connectivity index (χ3v) is 12.3. The summed E-state index contributed by atoms with van der Waals surface area (Å²) in [6.45, 7) is -0.623. The standard InChI is InChI=1S/C32H24Br2Cl2N2O7/c1-44-19-4-2-3-16(11-19)32(43)45-18-8-5-15(6-9-18)24(39)14-37(29(40)20-10-7-17(35)12-23(20)36)38-30(41)25-21-13-22(26(25)31(38)42)28(34)27(21)33/h2-12,21-22,25-28H,13-14H2,1H3/t21-,22-,25-,26-,27+,28+/m1/s1. The lowest BCUT2D eigenvalue weighted by Gasteiger charge is -2.31.